The Morgan fingerprint density at radius 3 is 1.96 bits per heavy atom. The van der Waals surface area contributed by atoms with Gasteiger partial charge in [0.2, 0.25) is 10.0 Å². The van der Waals surface area contributed by atoms with Gasteiger partial charge in [0.1, 0.15) is 11.4 Å². The number of para-hydroxylation sites is 2. The van der Waals surface area contributed by atoms with Crippen molar-refractivity contribution in [1.29, 1.82) is 0 Å². The molecule has 8 nitrogen and oxygen atoms in total. The van der Waals surface area contributed by atoms with Crippen molar-refractivity contribution >= 4 is 33.4 Å². The van der Waals surface area contributed by atoms with E-state index in [4.69, 9.17) is 10.2 Å². The summed E-state index contributed by atoms with van der Waals surface area (Å²) in [4.78, 5) is 14.3. The summed E-state index contributed by atoms with van der Waals surface area (Å²) in [5, 5.41) is 11.1. The summed E-state index contributed by atoms with van der Waals surface area (Å²) in [5.74, 6) is -0.263. The third-order valence-electron chi connectivity index (χ3n) is 8.30. The van der Waals surface area contributed by atoms with Gasteiger partial charge in [-0.25, -0.2) is 13.1 Å². The first-order chi connectivity index (χ1) is 22.5. The normalized spacial score (nSPS) is 16.9. The van der Waals surface area contributed by atoms with E-state index in [9.17, 15) is 13.2 Å². The van der Waals surface area contributed by atoms with Crippen molar-refractivity contribution in [2.24, 2.45) is 5.10 Å². The molecule has 2 aliphatic rings. The van der Waals surface area contributed by atoms with E-state index in [1.165, 1.54) is 5.01 Å². The van der Waals surface area contributed by atoms with Gasteiger partial charge in [-0.2, -0.15) is 19.5 Å². The van der Waals surface area contributed by atoms with Crippen molar-refractivity contribution in [3.05, 3.63) is 138 Å². The molecule has 0 N–H and O–H groups in total. The summed E-state index contributed by atoms with van der Waals surface area (Å²) in [5.41, 5.74) is 5.13. The smallest absolute Gasteiger partial charge is 0.267 e. The van der Waals surface area contributed by atoms with Crippen LogP contribution in [-0.4, -0.2) is 47.2 Å². The lowest BCUT2D eigenvalue weighted by molar-refractivity contribution is -0.114. The zero-order valence-electron chi connectivity index (χ0n) is 25.2. The fraction of sp³-hybridized carbons (Fsp3) is 0.162. The van der Waals surface area contributed by atoms with Crippen LogP contribution in [0.15, 0.2) is 137 Å². The fourth-order valence-corrected chi connectivity index (χ4v) is 7.48. The Bertz CT molecular complexity index is 2030. The SMILES string of the molecule is O=C1/C(=C\c2cn(-c3ccccc3)nc2-c2cccc(S(=O)(=O)N3CCCCCC3)c2)C(c2ccccc2)=NN1c1ccccc1. The van der Waals surface area contributed by atoms with Crippen LogP contribution in [0, 0.1) is 0 Å². The number of aromatic nitrogens is 2. The van der Waals surface area contributed by atoms with E-state index in [2.05, 4.69) is 0 Å². The van der Waals surface area contributed by atoms with Gasteiger partial charge < -0.3 is 0 Å². The number of anilines is 1. The lowest BCUT2D eigenvalue weighted by Gasteiger charge is -2.20. The first-order valence-electron chi connectivity index (χ1n) is 15.5. The maximum atomic E-state index is 14.0. The van der Waals surface area contributed by atoms with Crippen molar-refractivity contribution in [3.8, 4) is 16.9 Å². The van der Waals surface area contributed by atoms with Gasteiger partial charge in [0.15, 0.2) is 0 Å². The lowest BCUT2D eigenvalue weighted by atomic mass is 9.99. The molecule has 1 fully saturated rings. The summed E-state index contributed by atoms with van der Waals surface area (Å²) in [6.07, 6.45) is 7.48. The monoisotopic (exact) mass is 627 g/mol. The molecule has 0 bridgehead atoms. The van der Waals surface area contributed by atoms with Crippen LogP contribution in [0.5, 0.6) is 0 Å². The standard InChI is InChI=1S/C37H33N5O3S/c43-37-34(36(28-15-6-3-7-16-28)39-42(37)32-20-10-5-11-21-32)26-30-27-41(31-18-8-4-9-19-31)38-35(30)29-17-14-22-33(25-29)46(44,45)40-23-12-1-2-13-24-40/h3-11,14-22,25-27H,1-2,12-13,23-24H2/b34-26-. The van der Waals surface area contributed by atoms with Crippen LogP contribution in [-0.2, 0) is 14.8 Å². The second kappa shape index (κ2) is 12.7. The predicted molar refractivity (Wildman–Crippen MR) is 181 cm³/mol. The van der Waals surface area contributed by atoms with E-state index in [0.29, 0.717) is 46.9 Å². The molecule has 0 aliphatic carbocycles. The molecule has 5 aromatic rings. The third kappa shape index (κ3) is 5.82. The summed E-state index contributed by atoms with van der Waals surface area (Å²) >= 11 is 0. The van der Waals surface area contributed by atoms with Crippen LogP contribution in [0.4, 0.5) is 5.69 Å². The molecule has 1 amide bonds. The van der Waals surface area contributed by atoms with Crippen LogP contribution < -0.4 is 5.01 Å². The van der Waals surface area contributed by atoms with Gasteiger partial charge >= 0.3 is 0 Å². The molecule has 9 heteroatoms. The Hall–Kier alpha value is -5.12. The third-order valence-corrected chi connectivity index (χ3v) is 10.2. The molecule has 0 spiro atoms. The molecule has 0 unspecified atom stereocenters. The van der Waals surface area contributed by atoms with Crippen LogP contribution in [0.1, 0.15) is 36.8 Å². The first kappa shape index (κ1) is 29.6. The van der Waals surface area contributed by atoms with Gasteiger partial charge in [0.25, 0.3) is 5.91 Å². The highest BCUT2D eigenvalue weighted by atomic mass is 32.2. The number of amides is 1. The van der Waals surface area contributed by atoms with Gasteiger partial charge in [-0.3, -0.25) is 4.79 Å². The molecular formula is C37H33N5O3S. The average Bonchev–Trinajstić information content (AvgIpc) is 3.54. The molecule has 1 saturated heterocycles. The highest BCUT2D eigenvalue weighted by Gasteiger charge is 2.33. The maximum Gasteiger partial charge on any atom is 0.281 e. The quantitative estimate of drug-likeness (QED) is 0.183. The number of benzene rings is 4. The van der Waals surface area contributed by atoms with E-state index in [1.54, 1.807) is 27.2 Å². The van der Waals surface area contributed by atoms with Crippen molar-refractivity contribution < 1.29 is 13.2 Å². The molecular weight excluding hydrogens is 595 g/mol. The number of sulfonamides is 1. The van der Waals surface area contributed by atoms with Crippen molar-refractivity contribution in [2.75, 3.05) is 18.1 Å². The molecule has 0 saturated carbocycles. The molecule has 7 rings (SSSR count). The van der Waals surface area contributed by atoms with Gasteiger partial charge in [0.05, 0.1) is 21.8 Å². The summed E-state index contributed by atoms with van der Waals surface area (Å²) < 4.78 is 30.9. The molecule has 4 aromatic carbocycles. The summed E-state index contributed by atoms with van der Waals surface area (Å²) in [7, 11) is -3.68. The Morgan fingerprint density at radius 1 is 0.674 bits per heavy atom. The molecule has 2 aliphatic heterocycles. The van der Waals surface area contributed by atoms with E-state index in [0.717, 1.165) is 36.9 Å². The van der Waals surface area contributed by atoms with Gasteiger partial charge in [0, 0.05) is 36.0 Å². The molecule has 3 heterocycles. The minimum atomic E-state index is -3.68. The van der Waals surface area contributed by atoms with E-state index >= 15 is 0 Å². The number of hydrogen-bond acceptors (Lipinski definition) is 5. The second-order valence-corrected chi connectivity index (χ2v) is 13.3. The van der Waals surface area contributed by atoms with Gasteiger partial charge in [-0.1, -0.05) is 91.7 Å². The molecule has 0 atom stereocenters. The Morgan fingerprint density at radius 2 is 1.28 bits per heavy atom. The number of carbonyl (C=O) groups excluding carboxylic acids is 1. The number of carbonyl (C=O) groups is 1. The number of rotatable bonds is 7. The lowest BCUT2D eigenvalue weighted by Crippen LogP contribution is -2.31. The van der Waals surface area contributed by atoms with Crippen LogP contribution in [0.25, 0.3) is 23.0 Å². The van der Waals surface area contributed by atoms with Crippen molar-refractivity contribution in [1.82, 2.24) is 14.1 Å². The molecule has 46 heavy (non-hydrogen) atoms. The Labute approximate surface area is 269 Å². The van der Waals surface area contributed by atoms with Crippen molar-refractivity contribution in [2.45, 2.75) is 30.6 Å². The van der Waals surface area contributed by atoms with Crippen LogP contribution in [0.3, 0.4) is 0 Å². The van der Waals surface area contributed by atoms with E-state index < -0.39 is 10.0 Å². The topological polar surface area (TPSA) is 87.9 Å². The van der Waals surface area contributed by atoms with Crippen LogP contribution in [0.2, 0.25) is 0 Å². The summed E-state index contributed by atoms with van der Waals surface area (Å²) in [6, 6.07) is 35.6. The minimum absolute atomic E-state index is 0.235. The Kier molecular flexibility index (Phi) is 8.17. The predicted octanol–water partition coefficient (Wildman–Crippen LogP) is 6.94. The van der Waals surface area contributed by atoms with E-state index in [-0.39, 0.29) is 10.8 Å². The van der Waals surface area contributed by atoms with Gasteiger partial charge in [-0.05, 0) is 55.3 Å². The fourth-order valence-electron chi connectivity index (χ4n) is 5.92. The Balaban J connectivity index is 1.36. The highest BCUT2D eigenvalue weighted by molar-refractivity contribution is 7.89. The number of hydrazone groups is 1. The number of nitrogens with zero attached hydrogens (tertiary/aromatic N) is 5. The molecule has 0 radical (unpaired) electrons. The first-order valence-corrected chi connectivity index (χ1v) is 16.9. The largest absolute Gasteiger partial charge is 0.281 e. The number of hydrogen-bond donors (Lipinski definition) is 0. The van der Waals surface area contributed by atoms with Crippen molar-refractivity contribution in [3.63, 3.8) is 0 Å². The second-order valence-electron chi connectivity index (χ2n) is 11.4. The van der Waals surface area contributed by atoms with Gasteiger partial charge in [-0.15, -0.1) is 0 Å². The van der Waals surface area contributed by atoms with Crippen LogP contribution >= 0.6 is 0 Å². The molecule has 1 aromatic heterocycles. The highest BCUT2D eigenvalue weighted by Crippen LogP contribution is 2.32. The average molecular weight is 628 g/mol. The summed E-state index contributed by atoms with van der Waals surface area (Å²) in [6.45, 7) is 1.04. The maximum absolute atomic E-state index is 14.0. The zero-order valence-corrected chi connectivity index (χ0v) is 26.1. The molecule has 230 valence electrons. The zero-order chi connectivity index (χ0) is 31.5. The van der Waals surface area contributed by atoms with E-state index in [1.807, 2.05) is 109 Å². The minimum Gasteiger partial charge on any atom is -0.267 e.